The summed E-state index contributed by atoms with van der Waals surface area (Å²) in [7, 11) is 5.31. The Hall–Kier alpha value is -2.08. The van der Waals surface area contributed by atoms with E-state index >= 15 is 0 Å². The number of methoxy groups -OCH3 is 2. The molecule has 22 heavy (non-hydrogen) atoms. The number of benzene rings is 1. The Morgan fingerprint density at radius 2 is 1.82 bits per heavy atom. The molecule has 0 saturated heterocycles. The third kappa shape index (κ3) is 3.76. The van der Waals surface area contributed by atoms with Crippen LogP contribution in [0.5, 0.6) is 11.5 Å². The van der Waals surface area contributed by atoms with E-state index in [0.717, 1.165) is 35.9 Å². The Morgan fingerprint density at radius 3 is 2.41 bits per heavy atom. The molecule has 120 valence electrons. The lowest BCUT2D eigenvalue weighted by molar-refractivity contribution is 0.259. The average molecular weight is 305 g/mol. The van der Waals surface area contributed by atoms with Crippen molar-refractivity contribution in [1.29, 1.82) is 0 Å². The zero-order valence-electron chi connectivity index (χ0n) is 13.8. The van der Waals surface area contributed by atoms with Crippen LogP contribution in [0.1, 0.15) is 29.8 Å². The molecular weight excluding hydrogens is 282 g/mol. The van der Waals surface area contributed by atoms with Crippen molar-refractivity contribution >= 4 is 0 Å². The molecule has 1 aromatic carbocycles. The first kappa shape index (κ1) is 16.3. The molecule has 1 heterocycles. The Kier molecular flexibility index (Phi) is 5.38. The summed E-state index contributed by atoms with van der Waals surface area (Å²) < 4.78 is 15.9. The highest BCUT2D eigenvalue weighted by Gasteiger charge is 2.12. The number of aromatic nitrogens is 2. The van der Waals surface area contributed by atoms with Crippen LogP contribution in [-0.4, -0.2) is 36.3 Å². The fourth-order valence-corrected chi connectivity index (χ4v) is 2.27. The zero-order valence-corrected chi connectivity index (χ0v) is 13.8. The second-order valence-electron chi connectivity index (χ2n) is 5.26. The van der Waals surface area contributed by atoms with Crippen LogP contribution in [0.15, 0.2) is 16.7 Å². The van der Waals surface area contributed by atoms with Crippen molar-refractivity contribution in [3.63, 3.8) is 0 Å². The molecular formula is C16H23N3O3. The number of ether oxygens (including phenoxy) is 2. The second kappa shape index (κ2) is 7.26. The van der Waals surface area contributed by atoms with Crippen molar-refractivity contribution in [2.75, 3.05) is 21.3 Å². The van der Waals surface area contributed by atoms with Crippen LogP contribution < -0.4 is 9.47 Å². The molecule has 6 heteroatoms. The largest absolute Gasteiger partial charge is 0.493 e. The lowest BCUT2D eigenvalue weighted by atomic mass is 10.1. The molecule has 0 aliphatic carbocycles. The Morgan fingerprint density at radius 1 is 1.14 bits per heavy atom. The van der Waals surface area contributed by atoms with Crippen molar-refractivity contribution in [3.05, 3.63) is 35.0 Å². The lowest BCUT2D eigenvalue weighted by Gasteiger charge is -2.18. The minimum absolute atomic E-state index is 0.612. The second-order valence-corrected chi connectivity index (χ2v) is 5.26. The molecule has 1 aromatic heterocycles. The summed E-state index contributed by atoms with van der Waals surface area (Å²) in [6.07, 6.45) is 0.780. The highest BCUT2D eigenvalue weighted by Crippen LogP contribution is 2.30. The summed E-state index contributed by atoms with van der Waals surface area (Å²) >= 11 is 0. The van der Waals surface area contributed by atoms with Crippen LogP contribution >= 0.6 is 0 Å². The van der Waals surface area contributed by atoms with Gasteiger partial charge in [0.1, 0.15) is 0 Å². The van der Waals surface area contributed by atoms with E-state index in [1.807, 2.05) is 26.1 Å². The SMILES string of the molecule is CCc1noc(CN(C)Cc2cc(OC)c(OC)cc2C)n1. The molecule has 0 amide bonds. The van der Waals surface area contributed by atoms with Gasteiger partial charge in [-0.1, -0.05) is 12.1 Å². The monoisotopic (exact) mass is 305 g/mol. The summed E-state index contributed by atoms with van der Waals surface area (Å²) in [5.74, 6) is 2.86. The van der Waals surface area contributed by atoms with E-state index in [4.69, 9.17) is 14.0 Å². The van der Waals surface area contributed by atoms with E-state index < -0.39 is 0 Å². The number of hydrogen-bond acceptors (Lipinski definition) is 6. The van der Waals surface area contributed by atoms with Gasteiger partial charge in [-0.2, -0.15) is 4.98 Å². The van der Waals surface area contributed by atoms with E-state index in [1.165, 1.54) is 5.56 Å². The normalized spacial score (nSPS) is 11.0. The van der Waals surface area contributed by atoms with Crippen LogP contribution in [0.25, 0.3) is 0 Å². The molecule has 0 aliphatic heterocycles. The van der Waals surface area contributed by atoms with E-state index in [1.54, 1.807) is 14.2 Å². The predicted octanol–water partition coefficient (Wildman–Crippen LogP) is 2.59. The van der Waals surface area contributed by atoms with Gasteiger partial charge in [0.15, 0.2) is 17.3 Å². The molecule has 2 rings (SSSR count). The third-order valence-electron chi connectivity index (χ3n) is 3.51. The molecule has 0 spiro atoms. The van der Waals surface area contributed by atoms with Gasteiger partial charge in [-0.15, -0.1) is 0 Å². The van der Waals surface area contributed by atoms with Gasteiger partial charge in [-0.05, 0) is 37.2 Å². The quantitative estimate of drug-likeness (QED) is 0.783. The summed E-state index contributed by atoms with van der Waals surface area (Å²) in [4.78, 5) is 6.46. The highest BCUT2D eigenvalue weighted by molar-refractivity contribution is 5.47. The van der Waals surface area contributed by atoms with Crippen LogP contribution in [0.2, 0.25) is 0 Å². The first-order valence-electron chi connectivity index (χ1n) is 7.28. The number of rotatable bonds is 7. The fraction of sp³-hybridized carbons (Fsp3) is 0.500. The van der Waals surface area contributed by atoms with Crippen molar-refractivity contribution in [1.82, 2.24) is 15.0 Å². The van der Waals surface area contributed by atoms with E-state index in [0.29, 0.717) is 12.4 Å². The van der Waals surface area contributed by atoms with Gasteiger partial charge in [0.2, 0.25) is 5.89 Å². The molecule has 2 aromatic rings. The van der Waals surface area contributed by atoms with E-state index in [-0.39, 0.29) is 0 Å². The Balaban J connectivity index is 2.08. The maximum atomic E-state index is 5.37. The molecule has 0 aliphatic rings. The molecule has 0 fully saturated rings. The lowest BCUT2D eigenvalue weighted by Crippen LogP contribution is -2.18. The van der Waals surface area contributed by atoms with Gasteiger partial charge >= 0.3 is 0 Å². The summed E-state index contributed by atoms with van der Waals surface area (Å²) in [6, 6.07) is 4.00. The molecule has 0 radical (unpaired) electrons. The first-order valence-corrected chi connectivity index (χ1v) is 7.28. The number of nitrogens with zero attached hydrogens (tertiary/aromatic N) is 3. The summed E-state index contributed by atoms with van der Waals surface area (Å²) in [5.41, 5.74) is 2.33. The smallest absolute Gasteiger partial charge is 0.240 e. The van der Waals surface area contributed by atoms with Crippen LogP contribution in [-0.2, 0) is 19.5 Å². The Labute approximate surface area is 131 Å². The van der Waals surface area contributed by atoms with Gasteiger partial charge in [0.05, 0.1) is 20.8 Å². The van der Waals surface area contributed by atoms with Crippen LogP contribution in [0.3, 0.4) is 0 Å². The molecule has 0 N–H and O–H groups in total. The van der Waals surface area contributed by atoms with Crippen molar-refractivity contribution in [3.8, 4) is 11.5 Å². The highest BCUT2D eigenvalue weighted by atomic mass is 16.5. The average Bonchev–Trinajstić information content (AvgIpc) is 2.96. The van der Waals surface area contributed by atoms with Crippen molar-refractivity contribution in [2.24, 2.45) is 0 Å². The Bertz CT molecular complexity index is 625. The van der Waals surface area contributed by atoms with Crippen LogP contribution in [0.4, 0.5) is 0 Å². The van der Waals surface area contributed by atoms with Crippen molar-refractivity contribution < 1.29 is 14.0 Å². The minimum Gasteiger partial charge on any atom is -0.493 e. The molecule has 0 saturated carbocycles. The summed E-state index contributed by atoms with van der Waals surface area (Å²) in [5, 5.41) is 3.91. The molecule has 0 bridgehead atoms. The maximum absolute atomic E-state index is 5.37. The van der Waals surface area contributed by atoms with Crippen LogP contribution in [0, 0.1) is 6.92 Å². The zero-order chi connectivity index (χ0) is 16.1. The molecule has 0 atom stereocenters. The van der Waals surface area contributed by atoms with Crippen molar-refractivity contribution in [2.45, 2.75) is 33.4 Å². The summed E-state index contributed by atoms with van der Waals surface area (Å²) in [6.45, 7) is 5.44. The minimum atomic E-state index is 0.612. The standard InChI is InChI=1S/C16H23N3O3/c1-6-15-17-16(22-18-15)10-19(3)9-12-8-14(21-5)13(20-4)7-11(12)2/h7-8H,6,9-10H2,1-5H3. The molecule has 6 nitrogen and oxygen atoms in total. The number of hydrogen-bond donors (Lipinski definition) is 0. The van der Waals surface area contributed by atoms with E-state index in [2.05, 4.69) is 22.0 Å². The fourth-order valence-electron chi connectivity index (χ4n) is 2.27. The van der Waals surface area contributed by atoms with E-state index in [9.17, 15) is 0 Å². The topological polar surface area (TPSA) is 60.6 Å². The van der Waals surface area contributed by atoms with Gasteiger partial charge in [0.25, 0.3) is 0 Å². The number of aryl methyl sites for hydroxylation is 2. The van der Waals surface area contributed by atoms with Gasteiger partial charge < -0.3 is 14.0 Å². The van der Waals surface area contributed by atoms with Gasteiger partial charge in [-0.3, -0.25) is 4.90 Å². The predicted molar refractivity (Wildman–Crippen MR) is 83.1 cm³/mol. The third-order valence-corrected chi connectivity index (χ3v) is 3.51. The van der Waals surface area contributed by atoms with Gasteiger partial charge in [0, 0.05) is 13.0 Å². The molecule has 0 unspecified atom stereocenters. The first-order chi connectivity index (χ1) is 10.6. The maximum Gasteiger partial charge on any atom is 0.240 e. The van der Waals surface area contributed by atoms with Gasteiger partial charge in [-0.25, -0.2) is 0 Å².